The minimum absolute atomic E-state index is 0.00325. The minimum atomic E-state index is -1.52. The number of amides is 1. The molecule has 1 unspecified atom stereocenters. The van der Waals surface area contributed by atoms with E-state index in [0.717, 1.165) is 11.1 Å². The fourth-order valence-corrected chi connectivity index (χ4v) is 12.6. The third-order valence-corrected chi connectivity index (χ3v) is 14.3. The predicted molar refractivity (Wildman–Crippen MR) is 189 cm³/mol. The number of fused-ring (bicyclic) bond motifs is 2. The monoisotopic (exact) mass is 701 g/mol. The standard InChI is InChI=1S/C40H51N3O8/c1-6-43-22-37(51-36(45)27-9-7-8-10-29(27)42-33(44)12-11-24-21-41-16-14-23(24)2)15-13-32(49-4)39-30(37)19-28(34(39)43)38(46)20-26(48-3)17-25-18-31(39)40(38,47)35(25)50-5/h7-12,14,16,21,25-26,28,30-32,34-35,46-47H,6,13,15,17-20,22H2,1-5H3,(H,42,44)/b12-11+/t25-,26+,28+,30+,31-,32-,34?,35-,37+,38-,39-,40-/m0/s1. The Hall–Kier alpha value is -3.19. The van der Waals surface area contributed by atoms with E-state index in [0.29, 0.717) is 57.3 Å². The van der Waals surface area contributed by atoms with E-state index in [1.54, 1.807) is 64.1 Å². The highest BCUT2D eigenvalue weighted by molar-refractivity contribution is 6.06. The highest BCUT2D eigenvalue weighted by Crippen LogP contribution is 2.78. The number of ether oxygens (including phenoxy) is 4. The quantitative estimate of drug-likeness (QED) is 0.260. The summed E-state index contributed by atoms with van der Waals surface area (Å²) in [4.78, 5) is 34.1. The second-order valence-corrected chi connectivity index (χ2v) is 16.0. The van der Waals surface area contributed by atoms with Gasteiger partial charge in [-0.15, -0.1) is 0 Å². The highest BCUT2D eigenvalue weighted by Gasteiger charge is 2.88. The van der Waals surface area contributed by atoms with E-state index in [-0.39, 0.29) is 53.4 Å². The molecule has 11 heteroatoms. The number of pyridine rings is 1. The lowest BCUT2D eigenvalue weighted by molar-refractivity contribution is -0.328. The Morgan fingerprint density at radius 1 is 1.06 bits per heavy atom. The van der Waals surface area contributed by atoms with Crippen LogP contribution in [-0.4, -0.2) is 108 Å². The molecule has 3 N–H and O–H groups in total. The summed E-state index contributed by atoms with van der Waals surface area (Å²) < 4.78 is 25.4. The third-order valence-electron chi connectivity index (χ3n) is 14.3. The van der Waals surface area contributed by atoms with Crippen LogP contribution in [0.25, 0.3) is 6.08 Å². The Morgan fingerprint density at radius 3 is 2.59 bits per heavy atom. The van der Waals surface area contributed by atoms with Crippen LogP contribution in [0.15, 0.2) is 48.8 Å². The summed E-state index contributed by atoms with van der Waals surface area (Å²) in [5, 5.41) is 29.2. The number of likely N-dealkylation sites (tertiary alicyclic amines) is 1. The molecule has 12 atom stereocenters. The van der Waals surface area contributed by atoms with Gasteiger partial charge in [-0.3, -0.25) is 14.7 Å². The molecule has 0 radical (unpaired) electrons. The van der Waals surface area contributed by atoms with Crippen LogP contribution in [0.4, 0.5) is 5.69 Å². The Labute approximate surface area is 299 Å². The fraction of sp³-hybridized carbons (Fsp3) is 0.625. The molecule has 51 heavy (non-hydrogen) atoms. The number of aromatic nitrogens is 1. The molecule has 1 aliphatic heterocycles. The number of carbonyl (C=O) groups is 2. The number of rotatable bonds is 9. The summed E-state index contributed by atoms with van der Waals surface area (Å²) in [5.74, 6) is -1.70. The van der Waals surface area contributed by atoms with Gasteiger partial charge in [0, 0.05) is 82.0 Å². The lowest BCUT2D eigenvalue weighted by Gasteiger charge is -2.70. The number of piperidine rings is 1. The van der Waals surface area contributed by atoms with Crippen LogP contribution in [0.5, 0.6) is 0 Å². The molecule has 1 spiro atoms. The molecule has 11 nitrogen and oxygen atoms in total. The number of hydrogen-bond acceptors (Lipinski definition) is 10. The molecule has 8 rings (SSSR count). The number of para-hydroxylation sites is 1. The second-order valence-electron chi connectivity index (χ2n) is 16.0. The van der Waals surface area contributed by atoms with Crippen molar-refractivity contribution < 1.29 is 38.7 Å². The summed E-state index contributed by atoms with van der Waals surface area (Å²) in [5.41, 5.74) is -2.01. The molecule has 1 amide bonds. The minimum Gasteiger partial charge on any atom is -0.454 e. The molecule has 6 fully saturated rings. The number of likely N-dealkylation sites (N-methyl/N-ethyl adjacent to an activating group) is 1. The van der Waals surface area contributed by atoms with Gasteiger partial charge < -0.3 is 34.5 Å². The molecule has 1 saturated heterocycles. The molecule has 1 aromatic heterocycles. The van der Waals surface area contributed by atoms with Gasteiger partial charge in [0.15, 0.2) is 0 Å². The Morgan fingerprint density at radius 2 is 1.86 bits per heavy atom. The molecule has 6 aliphatic rings. The van der Waals surface area contributed by atoms with Gasteiger partial charge in [0.2, 0.25) is 5.91 Å². The van der Waals surface area contributed by atoms with Crippen LogP contribution in [0.1, 0.15) is 66.9 Å². The zero-order chi connectivity index (χ0) is 35.9. The molecular formula is C40H51N3O8. The number of aryl methyl sites for hydroxylation is 1. The van der Waals surface area contributed by atoms with Gasteiger partial charge in [0.1, 0.15) is 16.8 Å². The number of nitrogens with one attached hydrogen (secondary N) is 1. The molecule has 1 aromatic carbocycles. The summed E-state index contributed by atoms with van der Waals surface area (Å²) in [6.07, 6.45) is 9.09. The predicted octanol–water partition coefficient (Wildman–Crippen LogP) is 4.01. The molecule has 5 saturated carbocycles. The third kappa shape index (κ3) is 4.67. The lowest BCUT2D eigenvalue weighted by atomic mass is 9.43. The van der Waals surface area contributed by atoms with Gasteiger partial charge in [-0.25, -0.2) is 4.79 Å². The van der Waals surface area contributed by atoms with E-state index in [9.17, 15) is 19.8 Å². The van der Waals surface area contributed by atoms with Crippen LogP contribution in [0, 0.1) is 36.0 Å². The largest absolute Gasteiger partial charge is 0.454 e. The lowest BCUT2D eigenvalue weighted by Crippen LogP contribution is -2.82. The maximum absolute atomic E-state index is 14.5. The first-order chi connectivity index (χ1) is 24.5. The van der Waals surface area contributed by atoms with Crippen LogP contribution in [0.3, 0.4) is 0 Å². The van der Waals surface area contributed by atoms with Crippen LogP contribution < -0.4 is 5.32 Å². The summed E-state index contributed by atoms with van der Waals surface area (Å²) >= 11 is 0. The number of aliphatic hydroxyl groups is 2. The highest BCUT2D eigenvalue weighted by atomic mass is 16.6. The fourth-order valence-electron chi connectivity index (χ4n) is 12.6. The Kier molecular flexibility index (Phi) is 8.52. The van der Waals surface area contributed by atoms with Crippen LogP contribution >= 0.6 is 0 Å². The first-order valence-electron chi connectivity index (χ1n) is 18.5. The van der Waals surface area contributed by atoms with Crippen molar-refractivity contribution in [1.82, 2.24) is 9.88 Å². The molecule has 2 aromatic rings. The van der Waals surface area contributed by atoms with E-state index < -0.39 is 34.3 Å². The van der Waals surface area contributed by atoms with E-state index in [1.807, 2.05) is 13.0 Å². The molecule has 274 valence electrons. The van der Waals surface area contributed by atoms with Gasteiger partial charge in [-0.05, 0) is 86.9 Å². The van der Waals surface area contributed by atoms with Crippen molar-refractivity contribution in [3.63, 3.8) is 0 Å². The number of anilines is 1. The van der Waals surface area contributed by atoms with Crippen molar-refractivity contribution in [2.75, 3.05) is 39.7 Å². The number of benzene rings is 1. The van der Waals surface area contributed by atoms with Gasteiger partial charge >= 0.3 is 5.97 Å². The molecule has 7 bridgehead atoms. The summed E-state index contributed by atoms with van der Waals surface area (Å²) in [6, 6.07) is 8.75. The van der Waals surface area contributed by atoms with E-state index in [2.05, 4.69) is 22.1 Å². The molecule has 5 aliphatic carbocycles. The smallest absolute Gasteiger partial charge is 0.340 e. The normalized spacial score (nSPS) is 42.1. The van der Waals surface area contributed by atoms with Gasteiger partial charge in [-0.1, -0.05) is 19.1 Å². The number of carbonyl (C=O) groups excluding carboxylic acids is 2. The van der Waals surface area contributed by atoms with E-state index in [4.69, 9.17) is 18.9 Å². The topological polar surface area (TPSA) is 140 Å². The van der Waals surface area contributed by atoms with Gasteiger partial charge in [-0.2, -0.15) is 0 Å². The SMILES string of the molecule is CCN1C[C@]2(OC(=O)c3ccccc3NC(=O)/C=C/c3cnccc3C)CC[C@H](OC)[C@]34C1[C@@H](C[C@H]23)[C@@]1(O)C[C@H](OC)C[C@H]2C[C@@H]4[C@]1(O)[C@H]2OC. The summed E-state index contributed by atoms with van der Waals surface area (Å²) in [7, 11) is 5.09. The molecular weight excluding hydrogens is 650 g/mol. The first-order valence-corrected chi connectivity index (χ1v) is 18.5. The van der Waals surface area contributed by atoms with Crippen molar-refractivity contribution in [2.24, 2.45) is 29.1 Å². The number of esters is 1. The zero-order valence-electron chi connectivity index (χ0n) is 30.2. The average molecular weight is 702 g/mol. The van der Waals surface area contributed by atoms with Crippen molar-refractivity contribution in [2.45, 2.75) is 93.5 Å². The van der Waals surface area contributed by atoms with Crippen molar-refractivity contribution in [3.8, 4) is 0 Å². The first kappa shape index (κ1) is 34.9. The maximum Gasteiger partial charge on any atom is 0.340 e. The van der Waals surface area contributed by atoms with E-state index in [1.165, 1.54) is 6.08 Å². The number of hydrogen-bond donors (Lipinski definition) is 3. The maximum atomic E-state index is 14.5. The Bertz CT molecular complexity index is 1740. The van der Waals surface area contributed by atoms with E-state index >= 15 is 0 Å². The van der Waals surface area contributed by atoms with Crippen LogP contribution in [0.2, 0.25) is 0 Å². The molecule has 2 heterocycles. The Balaban J connectivity index is 1.17. The second kappa shape index (κ2) is 12.5. The van der Waals surface area contributed by atoms with Crippen LogP contribution in [-0.2, 0) is 23.7 Å². The van der Waals surface area contributed by atoms with Crippen molar-refractivity contribution >= 4 is 23.6 Å². The van der Waals surface area contributed by atoms with Crippen molar-refractivity contribution in [3.05, 3.63) is 65.5 Å². The van der Waals surface area contributed by atoms with Gasteiger partial charge in [0.05, 0.1) is 29.6 Å². The van der Waals surface area contributed by atoms with Gasteiger partial charge in [0.25, 0.3) is 0 Å². The summed E-state index contributed by atoms with van der Waals surface area (Å²) in [6.45, 7) is 5.28. The number of methoxy groups -OCH3 is 3. The van der Waals surface area contributed by atoms with Crippen molar-refractivity contribution in [1.29, 1.82) is 0 Å². The zero-order valence-corrected chi connectivity index (χ0v) is 30.2. The average Bonchev–Trinajstić information content (AvgIpc) is 3.52. The number of nitrogens with zero attached hydrogens (tertiary/aromatic N) is 2.